The van der Waals surface area contributed by atoms with Crippen LogP contribution in [0.2, 0.25) is 0 Å². The molecule has 0 aromatic carbocycles. The first kappa shape index (κ1) is 16.1. The Balaban J connectivity index is 3.27. The second-order valence-corrected chi connectivity index (χ2v) is 4.41. The van der Waals surface area contributed by atoms with Crippen molar-refractivity contribution in [3.8, 4) is 0 Å². The number of hydrogen-bond donors (Lipinski definition) is 1. The van der Waals surface area contributed by atoms with Crippen LogP contribution < -0.4 is 5.32 Å². The van der Waals surface area contributed by atoms with E-state index in [2.05, 4.69) is 5.32 Å². The van der Waals surface area contributed by atoms with Crippen LogP contribution in [0.1, 0.15) is 52.9 Å². The van der Waals surface area contributed by atoms with Gasteiger partial charge in [-0.25, -0.2) is 0 Å². The van der Waals surface area contributed by atoms with Crippen LogP contribution in [0, 0.1) is 0 Å². The third kappa shape index (κ3) is 11.4. The summed E-state index contributed by atoms with van der Waals surface area (Å²) in [4.78, 5) is 22.3. The Bertz CT molecular complexity index is 227. The molecule has 0 unspecified atom stereocenters. The summed E-state index contributed by atoms with van der Waals surface area (Å²) < 4.78 is 5.17. The van der Waals surface area contributed by atoms with Crippen molar-refractivity contribution >= 4 is 11.7 Å². The third-order valence-corrected chi connectivity index (χ3v) is 2.40. The van der Waals surface area contributed by atoms with Crippen molar-refractivity contribution < 1.29 is 14.3 Å². The number of hydrogen-bond acceptors (Lipinski definition) is 3. The average molecular weight is 243 g/mol. The molecule has 0 radical (unpaired) electrons. The Morgan fingerprint density at radius 1 is 1.18 bits per heavy atom. The first-order valence-corrected chi connectivity index (χ1v) is 6.46. The van der Waals surface area contributed by atoms with Gasteiger partial charge < -0.3 is 10.1 Å². The highest BCUT2D eigenvalue weighted by atomic mass is 16.5. The van der Waals surface area contributed by atoms with E-state index in [-0.39, 0.29) is 18.6 Å². The quantitative estimate of drug-likeness (QED) is 0.598. The van der Waals surface area contributed by atoms with E-state index in [4.69, 9.17) is 4.74 Å². The largest absolute Gasteiger partial charge is 0.369 e. The van der Waals surface area contributed by atoms with E-state index >= 15 is 0 Å². The number of amides is 1. The first-order chi connectivity index (χ1) is 8.06. The second-order valence-electron chi connectivity index (χ2n) is 4.41. The highest BCUT2D eigenvalue weighted by molar-refractivity contribution is 5.78. The summed E-state index contributed by atoms with van der Waals surface area (Å²) in [6, 6.07) is 0. The molecular formula is C13H25NO3. The lowest BCUT2D eigenvalue weighted by atomic mass is 10.1. The van der Waals surface area contributed by atoms with E-state index in [9.17, 15) is 9.59 Å². The summed E-state index contributed by atoms with van der Waals surface area (Å²) in [7, 11) is 0. The molecule has 0 saturated heterocycles. The second kappa shape index (κ2) is 10.3. The predicted molar refractivity (Wildman–Crippen MR) is 67.9 cm³/mol. The summed E-state index contributed by atoms with van der Waals surface area (Å²) in [5.41, 5.74) is 0. The minimum absolute atomic E-state index is 0.0664. The SMILES string of the molecule is CCC(=O)CCCCCNC(=O)COC(C)C. The summed E-state index contributed by atoms with van der Waals surface area (Å²) in [5.74, 6) is 0.253. The van der Waals surface area contributed by atoms with Crippen molar-refractivity contribution in [2.24, 2.45) is 0 Å². The van der Waals surface area contributed by atoms with Crippen molar-refractivity contribution in [1.29, 1.82) is 0 Å². The molecule has 0 aromatic heterocycles. The van der Waals surface area contributed by atoms with Crippen molar-refractivity contribution in [2.75, 3.05) is 13.2 Å². The summed E-state index contributed by atoms with van der Waals surface area (Å²) >= 11 is 0. The number of ketones is 1. The summed E-state index contributed by atoms with van der Waals surface area (Å²) in [6.07, 6.45) is 4.21. The molecule has 0 atom stereocenters. The van der Waals surface area contributed by atoms with Crippen molar-refractivity contribution in [3.05, 3.63) is 0 Å². The van der Waals surface area contributed by atoms with Gasteiger partial charge in [0.2, 0.25) is 5.91 Å². The van der Waals surface area contributed by atoms with Crippen LogP contribution in [0.3, 0.4) is 0 Å². The Morgan fingerprint density at radius 2 is 1.88 bits per heavy atom. The first-order valence-electron chi connectivity index (χ1n) is 6.46. The molecule has 0 heterocycles. The van der Waals surface area contributed by atoms with Gasteiger partial charge >= 0.3 is 0 Å². The molecule has 0 aliphatic heterocycles. The van der Waals surface area contributed by atoms with Crippen LogP contribution in [-0.2, 0) is 14.3 Å². The molecule has 1 N–H and O–H groups in total. The molecule has 100 valence electrons. The lowest BCUT2D eigenvalue weighted by Crippen LogP contribution is -2.29. The molecule has 17 heavy (non-hydrogen) atoms. The molecule has 0 spiro atoms. The minimum Gasteiger partial charge on any atom is -0.369 e. The Morgan fingerprint density at radius 3 is 2.47 bits per heavy atom. The molecule has 0 rings (SSSR count). The summed E-state index contributed by atoms with van der Waals surface area (Å²) in [6.45, 7) is 6.49. The lowest BCUT2D eigenvalue weighted by molar-refractivity contribution is -0.127. The van der Waals surface area contributed by atoms with Gasteiger partial charge in [0.05, 0.1) is 6.10 Å². The fraction of sp³-hybridized carbons (Fsp3) is 0.846. The van der Waals surface area contributed by atoms with Crippen LogP contribution in [0.25, 0.3) is 0 Å². The van der Waals surface area contributed by atoms with Gasteiger partial charge in [0, 0.05) is 19.4 Å². The third-order valence-electron chi connectivity index (χ3n) is 2.40. The van der Waals surface area contributed by atoms with E-state index in [1.165, 1.54) is 0 Å². The molecule has 4 heteroatoms. The highest BCUT2D eigenvalue weighted by Crippen LogP contribution is 2.01. The maximum Gasteiger partial charge on any atom is 0.246 e. The zero-order valence-electron chi connectivity index (χ0n) is 11.3. The van der Waals surface area contributed by atoms with Crippen LogP contribution in [-0.4, -0.2) is 30.9 Å². The van der Waals surface area contributed by atoms with E-state index in [0.29, 0.717) is 25.2 Å². The summed E-state index contributed by atoms with van der Waals surface area (Å²) in [5, 5.41) is 2.79. The smallest absolute Gasteiger partial charge is 0.246 e. The molecule has 0 bridgehead atoms. The fourth-order valence-electron chi connectivity index (χ4n) is 1.32. The van der Waals surface area contributed by atoms with E-state index in [0.717, 1.165) is 19.3 Å². The molecule has 0 aromatic rings. The van der Waals surface area contributed by atoms with Gasteiger partial charge in [0.1, 0.15) is 12.4 Å². The molecule has 1 amide bonds. The van der Waals surface area contributed by atoms with Gasteiger partial charge in [-0.2, -0.15) is 0 Å². The highest BCUT2D eigenvalue weighted by Gasteiger charge is 2.02. The van der Waals surface area contributed by atoms with E-state index < -0.39 is 0 Å². The fourth-order valence-corrected chi connectivity index (χ4v) is 1.32. The zero-order valence-corrected chi connectivity index (χ0v) is 11.3. The number of nitrogens with one attached hydrogen (secondary N) is 1. The molecule has 0 aliphatic carbocycles. The number of unbranched alkanes of at least 4 members (excludes halogenated alkanes) is 2. The van der Waals surface area contributed by atoms with Gasteiger partial charge in [-0.3, -0.25) is 9.59 Å². The predicted octanol–water partition coefficient (Wildman–Crippen LogP) is 2.07. The van der Waals surface area contributed by atoms with Crippen LogP contribution in [0.4, 0.5) is 0 Å². The minimum atomic E-state index is -0.0664. The van der Waals surface area contributed by atoms with E-state index in [1.54, 1.807) is 0 Å². The molecule has 0 aliphatic rings. The molecule has 0 saturated carbocycles. The van der Waals surface area contributed by atoms with Crippen LogP contribution in [0.15, 0.2) is 0 Å². The monoisotopic (exact) mass is 243 g/mol. The number of carbonyl (C=O) groups is 2. The lowest BCUT2D eigenvalue weighted by Gasteiger charge is -2.08. The number of rotatable bonds is 10. The maximum absolute atomic E-state index is 11.2. The van der Waals surface area contributed by atoms with E-state index in [1.807, 2.05) is 20.8 Å². The number of carbonyl (C=O) groups excluding carboxylic acids is 2. The van der Waals surface area contributed by atoms with Crippen LogP contribution in [0.5, 0.6) is 0 Å². The number of ether oxygens (including phenoxy) is 1. The zero-order chi connectivity index (χ0) is 13.1. The van der Waals surface area contributed by atoms with Gasteiger partial charge in [-0.1, -0.05) is 13.3 Å². The van der Waals surface area contributed by atoms with Crippen molar-refractivity contribution in [2.45, 2.75) is 59.0 Å². The maximum atomic E-state index is 11.2. The van der Waals surface area contributed by atoms with Crippen LogP contribution >= 0.6 is 0 Å². The van der Waals surface area contributed by atoms with Gasteiger partial charge in [0.25, 0.3) is 0 Å². The number of Topliss-reactive ketones (excluding diaryl/α,β-unsaturated/α-hetero) is 1. The van der Waals surface area contributed by atoms with Gasteiger partial charge in [-0.15, -0.1) is 0 Å². The Labute approximate surface area is 104 Å². The van der Waals surface area contributed by atoms with Crippen molar-refractivity contribution in [3.63, 3.8) is 0 Å². The standard InChI is InChI=1S/C13H25NO3/c1-4-12(15)8-6-5-7-9-14-13(16)10-17-11(2)3/h11H,4-10H2,1-3H3,(H,14,16). The van der Waals surface area contributed by atoms with Gasteiger partial charge in [-0.05, 0) is 26.7 Å². The molecular weight excluding hydrogens is 218 g/mol. The average Bonchev–Trinajstić information content (AvgIpc) is 2.30. The Kier molecular flexibility index (Phi) is 9.72. The topological polar surface area (TPSA) is 55.4 Å². The Hall–Kier alpha value is -0.900. The van der Waals surface area contributed by atoms with Crippen molar-refractivity contribution in [1.82, 2.24) is 5.32 Å². The molecule has 4 nitrogen and oxygen atoms in total. The normalized spacial score (nSPS) is 10.6. The molecule has 0 fully saturated rings. The van der Waals surface area contributed by atoms with Gasteiger partial charge in [0.15, 0.2) is 0 Å².